The maximum absolute atomic E-state index is 11.9. The number of nitrogens with one attached hydrogen (secondary N) is 2. The molecule has 1 amide bonds. The predicted molar refractivity (Wildman–Crippen MR) is 74.4 cm³/mol. The number of rotatable bonds is 4. The standard InChI is InChI=1S/C15H22N2O/c1-12(13-6-5-9-16-11-13)10-15(18)17-14-7-3-2-4-8-14/h2-4,7-8,12-13,16H,5-6,9-11H2,1H3,(H,17,18)/t12-,13-/m0/s1. The molecule has 1 aliphatic rings. The molecule has 0 saturated carbocycles. The highest BCUT2D eigenvalue weighted by molar-refractivity contribution is 5.90. The fourth-order valence-corrected chi connectivity index (χ4v) is 2.56. The molecule has 1 heterocycles. The van der Waals surface area contributed by atoms with E-state index in [-0.39, 0.29) is 5.91 Å². The molecule has 1 saturated heterocycles. The van der Waals surface area contributed by atoms with Crippen LogP contribution in [-0.2, 0) is 4.79 Å². The summed E-state index contributed by atoms with van der Waals surface area (Å²) in [6.45, 7) is 4.36. The number of carbonyl (C=O) groups excluding carboxylic acids is 1. The van der Waals surface area contributed by atoms with Crippen molar-refractivity contribution in [3.05, 3.63) is 30.3 Å². The van der Waals surface area contributed by atoms with Crippen LogP contribution in [0.25, 0.3) is 0 Å². The van der Waals surface area contributed by atoms with E-state index in [2.05, 4.69) is 17.6 Å². The van der Waals surface area contributed by atoms with Crippen LogP contribution in [0, 0.1) is 11.8 Å². The minimum absolute atomic E-state index is 0.124. The van der Waals surface area contributed by atoms with Crippen LogP contribution < -0.4 is 10.6 Å². The summed E-state index contributed by atoms with van der Waals surface area (Å²) >= 11 is 0. The van der Waals surface area contributed by atoms with E-state index in [0.29, 0.717) is 18.3 Å². The summed E-state index contributed by atoms with van der Waals surface area (Å²) in [5.74, 6) is 1.21. The third-order valence-electron chi connectivity index (χ3n) is 3.70. The molecule has 0 aliphatic carbocycles. The first-order chi connectivity index (χ1) is 8.75. The first-order valence-corrected chi connectivity index (χ1v) is 6.81. The van der Waals surface area contributed by atoms with Gasteiger partial charge in [0.2, 0.25) is 5.91 Å². The van der Waals surface area contributed by atoms with Gasteiger partial charge in [-0.25, -0.2) is 0 Å². The number of anilines is 1. The predicted octanol–water partition coefficient (Wildman–Crippen LogP) is 2.65. The van der Waals surface area contributed by atoms with Gasteiger partial charge in [-0.2, -0.15) is 0 Å². The molecule has 0 unspecified atom stereocenters. The van der Waals surface area contributed by atoms with Gasteiger partial charge >= 0.3 is 0 Å². The van der Waals surface area contributed by atoms with Crippen molar-refractivity contribution in [2.45, 2.75) is 26.2 Å². The Hall–Kier alpha value is -1.35. The Morgan fingerprint density at radius 3 is 2.89 bits per heavy atom. The van der Waals surface area contributed by atoms with E-state index < -0.39 is 0 Å². The van der Waals surface area contributed by atoms with Crippen molar-refractivity contribution >= 4 is 11.6 Å². The Morgan fingerprint density at radius 1 is 1.44 bits per heavy atom. The van der Waals surface area contributed by atoms with Gasteiger partial charge in [0.05, 0.1) is 0 Å². The van der Waals surface area contributed by atoms with Crippen molar-refractivity contribution in [1.29, 1.82) is 0 Å². The zero-order chi connectivity index (χ0) is 12.8. The second kappa shape index (κ2) is 6.55. The summed E-state index contributed by atoms with van der Waals surface area (Å²) in [5.41, 5.74) is 0.886. The average Bonchev–Trinajstić information content (AvgIpc) is 2.40. The molecule has 1 aliphatic heterocycles. The third kappa shape index (κ3) is 3.84. The van der Waals surface area contributed by atoms with E-state index >= 15 is 0 Å². The fraction of sp³-hybridized carbons (Fsp3) is 0.533. The van der Waals surface area contributed by atoms with Crippen LogP contribution >= 0.6 is 0 Å². The van der Waals surface area contributed by atoms with Gasteiger partial charge in [0, 0.05) is 12.1 Å². The van der Waals surface area contributed by atoms with Crippen LogP contribution in [-0.4, -0.2) is 19.0 Å². The summed E-state index contributed by atoms with van der Waals surface area (Å²) in [7, 11) is 0. The number of carbonyl (C=O) groups is 1. The van der Waals surface area contributed by atoms with E-state index in [1.165, 1.54) is 12.8 Å². The smallest absolute Gasteiger partial charge is 0.224 e. The Balaban J connectivity index is 1.79. The fourth-order valence-electron chi connectivity index (χ4n) is 2.56. The highest BCUT2D eigenvalue weighted by atomic mass is 16.1. The SMILES string of the molecule is C[C@@H](CC(=O)Nc1ccccc1)[C@H]1CCCNC1. The molecule has 1 aromatic carbocycles. The quantitative estimate of drug-likeness (QED) is 0.857. The van der Waals surface area contributed by atoms with Crippen LogP contribution in [0.4, 0.5) is 5.69 Å². The first kappa shape index (κ1) is 13.1. The van der Waals surface area contributed by atoms with Gasteiger partial charge in [-0.3, -0.25) is 4.79 Å². The van der Waals surface area contributed by atoms with Gasteiger partial charge in [-0.05, 0) is 49.9 Å². The lowest BCUT2D eigenvalue weighted by molar-refractivity contribution is -0.117. The zero-order valence-electron chi connectivity index (χ0n) is 11.0. The molecular weight excluding hydrogens is 224 g/mol. The minimum Gasteiger partial charge on any atom is -0.326 e. The molecule has 2 N–H and O–H groups in total. The first-order valence-electron chi connectivity index (χ1n) is 6.81. The second-order valence-corrected chi connectivity index (χ2v) is 5.20. The van der Waals surface area contributed by atoms with E-state index in [9.17, 15) is 4.79 Å². The molecule has 0 bridgehead atoms. The van der Waals surface area contributed by atoms with Gasteiger partial charge in [0.1, 0.15) is 0 Å². The third-order valence-corrected chi connectivity index (χ3v) is 3.70. The van der Waals surface area contributed by atoms with Gasteiger partial charge in [0.15, 0.2) is 0 Å². The topological polar surface area (TPSA) is 41.1 Å². The lowest BCUT2D eigenvalue weighted by Gasteiger charge is -2.28. The number of piperidine rings is 1. The van der Waals surface area contributed by atoms with Crippen molar-refractivity contribution in [3.8, 4) is 0 Å². The molecule has 0 aromatic heterocycles. The minimum atomic E-state index is 0.124. The summed E-state index contributed by atoms with van der Waals surface area (Å²) < 4.78 is 0. The number of amides is 1. The number of benzene rings is 1. The van der Waals surface area contributed by atoms with E-state index in [0.717, 1.165) is 18.8 Å². The molecule has 3 nitrogen and oxygen atoms in total. The number of hydrogen-bond donors (Lipinski definition) is 2. The van der Waals surface area contributed by atoms with Crippen LogP contribution in [0.15, 0.2) is 30.3 Å². The molecule has 0 radical (unpaired) electrons. The van der Waals surface area contributed by atoms with Crippen molar-refractivity contribution in [2.75, 3.05) is 18.4 Å². The average molecular weight is 246 g/mol. The molecule has 98 valence electrons. The van der Waals surface area contributed by atoms with E-state index in [4.69, 9.17) is 0 Å². The molecular formula is C15H22N2O. The van der Waals surface area contributed by atoms with Crippen LogP contribution in [0.1, 0.15) is 26.2 Å². The van der Waals surface area contributed by atoms with Crippen molar-refractivity contribution in [1.82, 2.24) is 5.32 Å². The van der Waals surface area contributed by atoms with Crippen LogP contribution in [0.5, 0.6) is 0 Å². The number of hydrogen-bond acceptors (Lipinski definition) is 2. The Labute approximate surface area is 109 Å². The molecule has 3 heteroatoms. The monoisotopic (exact) mass is 246 g/mol. The van der Waals surface area contributed by atoms with E-state index in [1.54, 1.807) is 0 Å². The molecule has 0 spiro atoms. The molecule has 2 atom stereocenters. The maximum Gasteiger partial charge on any atom is 0.224 e. The van der Waals surface area contributed by atoms with Crippen molar-refractivity contribution < 1.29 is 4.79 Å². The molecule has 18 heavy (non-hydrogen) atoms. The zero-order valence-corrected chi connectivity index (χ0v) is 11.0. The summed E-state index contributed by atoms with van der Waals surface area (Å²) in [5, 5.41) is 6.36. The maximum atomic E-state index is 11.9. The summed E-state index contributed by atoms with van der Waals surface area (Å²) in [4.78, 5) is 11.9. The second-order valence-electron chi connectivity index (χ2n) is 5.20. The van der Waals surface area contributed by atoms with Gasteiger partial charge in [0.25, 0.3) is 0 Å². The normalized spacial score (nSPS) is 21.3. The molecule has 1 aromatic rings. The molecule has 2 rings (SSSR count). The lowest BCUT2D eigenvalue weighted by Crippen LogP contribution is -2.34. The van der Waals surface area contributed by atoms with Gasteiger partial charge in [-0.15, -0.1) is 0 Å². The highest BCUT2D eigenvalue weighted by Gasteiger charge is 2.21. The summed E-state index contributed by atoms with van der Waals surface area (Å²) in [6, 6.07) is 9.66. The largest absolute Gasteiger partial charge is 0.326 e. The highest BCUT2D eigenvalue weighted by Crippen LogP contribution is 2.22. The lowest BCUT2D eigenvalue weighted by atomic mass is 9.85. The van der Waals surface area contributed by atoms with E-state index in [1.807, 2.05) is 30.3 Å². The Bertz CT molecular complexity index is 371. The number of para-hydroxylation sites is 1. The molecule has 1 fully saturated rings. The Morgan fingerprint density at radius 2 is 2.22 bits per heavy atom. The van der Waals surface area contributed by atoms with Gasteiger partial charge in [-0.1, -0.05) is 25.1 Å². The van der Waals surface area contributed by atoms with Crippen molar-refractivity contribution in [2.24, 2.45) is 11.8 Å². The van der Waals surface area contributed by atoms with Crippen LogP contribution in [0.3, 0.4) is 0 Å². The van der Waals surface area contributed by atoms with Crippen molar-refractivity contribution in [3.63, 3.8) is 0 Å². The van der Waals surface area contributed by atoms with Gasteiger partial charge < -0.3 is 10.6 Å². The summed E-state index contributed by atoms with van der Waals surface area (Å²) in [6.07, 6.45) is 3.09. The van der Waals surface area contributed by atoms with Crippen LogP contribution in [0.2, 0.25) is 0 Å². The Kier molecular flexibility index (Phi) is 4.76.